The molecule has 0 rings (SSSR count). The average molecular weight is 550 g/mol. The van der Waals surface area contributed by atoms with E-state index in [9.17, 15) is 14.3 Å². The van der Waals surface area contributed by atoms with E-state index in [1.165, 1.54) is 70.6 Å². The summed E-state index contributed by atoms with van der Waals surface area (Å²) in [7, 11) is -4.25. The van der Waals surface area contributed by atoms with Gasteiger partial charge in [-0.1, -0.05) is 96.6 Å². The number of carbonyl (C=O) groups excluding carboxylic acids is 1. The maximum atomic E-state index is 12.3. The summed E-state index contributed by atoms with van der Waals surface area (Å²) >= 11 is 0. The summed E-state index contributed by atoms with van der Waals surface area (Å²) in [6, 6.07) is 0. The lowest BCUT2D eigenvalue weighted by molar-refractivity contribution is -0.154. The minimum Gasteiger partial charge on any atom is -0.457 e. The van der Waals surface area contributed by atoms with Crippen molar-refractivity contribution < 1.29 is 32.8 Å². The predicted octanol–water partition coefficient (Wildman–Crippen LogP) is 7.23. The number of phosphoric acid groups is 1. The summed E-state index contributed by atoms with van der Waals surface area (Å²) in [5, 5.41) is 0. The minimum atomic E-state index is -4.25. The molecule has 37 heavy (non-hydrogen) atoms. The van der Waals surface area contributed by atoms with Gasteiger partial charge in [0.15, 0.2) is 0 Å². The molecular weight excluding hydrogens is 493 g/mol. The zero-order valence-electron chi connectivity index (χ0n) is 23.7. The Bertz CT molecular complexity index is 589. The van der Waals surface area contributed by atoms with Gasteiger partial charge in [-0.15, -0.1) is 0 Å². The number of hydrogen-bond donors (Lipinski definition) is 2. The Kier molecular flexibility index (Phi) is 26.3. The van der Waals surface area contributed by atoms with Crippen molar-refractivity contribution in [2.24, 2.45) is 5.73 Å². The molecule has 0 aliphatic heterocycles. The molecule has 0 aromatic rings. The second-order valence-electron chi connectivity index (χ2n) is 9.61. The highest BCUT2D eigenvalue weighted by Crippen LogP contribution is 2.43. The van der Waals surface area contributed by atoms with Gasteiger partial charge in [-0.05, 0) is 32.1 Å². The summed E-state index contributed by atoms with van der Waals surface area (Å²) in [5.41, 5.74) is 5.31. The maximum Gasteiger partial charge on any atom is 0.472 e. The molecule has 0 radical (unpaired) electrons. The molecule has 0 saturated heterocycles. The standard InChI is InChI=1S/C28H56NO7P/c1-3-5-7-9-11-12-13-14-16-18-20-23-33-25-27(26-35-37(31,32)34-24-22-29)36-28(30)21-19-17-15-10-8-6-4-2/h7,9,27H,3-6,8,10-26,29H2,1-2H3,(H,31,32)/b9-7-. The maximum absolute atomic E-state index is 12.3. The lowest BCUT2D eigenvalue weighted by atomic mass is 10.1. The number of unbranched alkanes of at least 4 members (excludes halogenated alkanes) is 13. The molecular formula is C28H56NO7P. The van der Waals surface area contributed by atoms with Gasteiger partial charge in [0.25, 0.3) is 0 Å². The first-order valence-electron chi connectivity index (χ1n) is 14.7. The van der Waals surface area contributed by atoms with E-state index in [2.05, 4.69) is 26.0 Å². The number of phosphoric ester groups is 1. The Morgan fingerprint density at radius 1 is 0.784 bits per heavy atom. The molecule has 0 fully saturated rings. The lowest BCUT2D eigenvalue weighted by Gasteiger charge is -2.20. The second-order valence-corrected chi connectivity index (χ2v) is 11.1. The smallest absolute Gasteiger partial charge is 0.457 e. The molecule has 0 aliphatic rings. The summed E-state index contributed by atoms with van der Waals surface area (Å²) in [4.78, 5) is 22.0. The van der Waals surface area contributed by atoms with Crippen LogP contribution in [0.3, 0.4) is 0 Å². The zero-order chi connectivity index (χ0) is 27.5. The molecule has 0 saturated carbocycles. The fourth-order valence-electron chi connectivity index (χ4n) is 3.76. The zero-order valence-corrected chi connectivity index (χ0v) is 24.6. The van der Waals surface area contributed by atoms with Gasteiger partial charge >= 0.3 is 13.8 Å². The van der Waals surface area contributed by atoms with E-state index in [0.717, 1.165) is 32.1 Å². The molecule has 0 spiro atoms. The number of ether oxygens (including phenoxy) is 2. The third kappa shape index (κ3) is 26.6. The van der Waals surface area contributed by atoms with Crippen molar-refractivity contribution in [1.29, 1.82) is 0 Å². The van der Waals surface area contributed by atoms with Gasteiger partial charge in [0.2, 0.25) is 0 Å². The molecule has 0 amide bonds. The van der Waals surface area contributed by atoms with Crippen LogP contribution in [0.2, 0.25) is 0 Å². The van der Waals surface area contributed by atoms with Gasteiger partial charge in [0, 0.05) is 19.6 Å². The molecule has 9 heteroatoms. The Morgan fingerprint density at radius 3 is 2.08 bits per heavy atom. The van der Waals surface area contributed by atoms with Crippen LogP contribution < -0.4 is 5.73 Å². The van der Waals surface area contributed by atoms with Crippen LogP contribution in [0, 0.1) is 0 Å². The van der Waals surface area contributed by atoms with Crippen molar-refractivity contribution >= 4 is 13.8 Å². The Labute approximate surface area is 226 Å². The van der Waals surface area contributed by atoms with Gasteiger partial charge in [-0.3, -0.25) is 13.8 Å². The number of nitrogens with two attached hydrogens (primary N) is 1. The first kappa shape index (κ1) is 36.2. The monoisotopic (exact) mass is 549 g/mol. The molecule has 0 heterocycles. The Hall–Kier alpha value is -0.760. The number of allylic oxidation sites excluding steroid dienone is 2. The lowest BCUT2D eigenvalue weighted by Crippen LogP contribution is -2.28. The van der Waals surface area contributed by atoms with E-state index < -0.39 is 13.9 Å². The first-order valence-corrected chi connectivity index (χ1v) is 16.2. The summed E-state index contributed by atoms with van der Waals surface area (Å²) in [5.74, 6) is -0.342. The van der Waals surface area contributed by atoms with E-state index in [1.807, 2.05) is 0 Å². The molecule has 2 unspecified atom stereocenters. The highest BCUT2D eigenvalue weighted by atomic mass is 31.2. The first-order chi connectivity index (χ1) is 17.9. The number of rotatable bonds is 28. The fourth-order valence-corrected chi connectivity index (χ4v) is 4.53. The normalized spacial score (nSPS) is 14.2. The SMILES string of the molecule is CCC/C=C\CCCCCCCCOCC(COP(=O)(O)OCCN)OC(=O)CCCCCCCCC. The van der Waals surface area contributed by atoms with Crippen molar-refractivity contribution in [2.75, 3.05) is 33.0 Å². The van der Waals surface area contributed by atoms with Crippen molar-refractivity contribution in [3.05, 3.63) is 12.2 Å². The molecule has 0 bridgehead atoms. The summed E-state index contributed by atoms with van der Waals surface area (Å²) in [6.45, 7) is 4.78. The third-order valence-corrected chi connectivity index (χ3v) is 6.90. The van der Waals surface area contributed by atoms with E-state index >= 15 is 0 Å². The predicted molar refractivity (Wildman–Crippen MR) is 150 cm³/mol. The molecule has 0 aromatic carbocycles. The van der Waals surface area contributed by atoms with Crippen molar-refractivity contribution in [2.45, 2.75) is 129 Å². The molecule has 3 N–H and O–H groups in total. The Morgan fingerprint density at radius 2 is 1.41 bits per heavy atom. The van der Waals surface area contributed by atoms with Crippen molar-refractivity contribution in [1.82, 2.24) is 0 Å². The van der Waals surface area contributed by atoms with Gasteiger partial charge in [0.05, 0.1) is 19.8 Å². The molecule has 0 aromatic heterocycles. The molecule has 220 valence electrons. The van der Waals surface area contributed by atoms with Crippen molar-refractivity contribution in [3.8, 4) is 0 Å². The van der Waals surface area contributed by atoms with E-state index in [4.69, 9.17) is 24.3 Å². The fraction of sp³-hybridized carbons (Fsp3) is 0.893. The van der Waals surface area contributed by atoms with Crippen LogP contribution in [0.4, 0.5) is 0 Å². The largest absolute Gasteiger partial charge is 0.472 e. The van der Waals surface area contributed by atoms with Crippen LogP contribution >= 0.6 is 7.82 Å². The summed E-state index contributed by atoms with van der Waals surface area (Å²) in [6.07, 6.45) is 22.3. The van der Waals surface area contributed by atoms with Crippen molar-refractivity contribution in [3.63, 3.8) is 0 Å². The Balaban J connectivity index is 4.18. The van der Waals surface area contributed by atoms with Crippen LogP contribution in [0.5, 0.6) is 0 Å². The van der Waals surface area contributed by atoms with Gasteiger partial charge in [-0.25, -0.2) is 4.57 Å². The van der Waals surface area contributed by atoms with Crippen LogP contribution in [-0.2, 0) is 27.9 Å². The highest BCUT2D eigenvalue weighted by molar-refractivity contribution is 7.47. The number of esters is 1. The van der Waals surface area contributed by atoms with Gasteiger partial charge in [0.1, 0.15) is 6.10 Å². The summed E-state index contributed by atoms with van der Waals surface area (Å²) < 4.78 is 32.9. The topological polar surface area (TPSA) is 117 Å². The minimum absolute atomic E-state index is 0.0947. The van der Waals surface area contributed by atoms with Gasteiger partial charge in [-0.2, -0.15) is 0 Å². The van der Waals surface area contributed by atoms with Gasteiger partial charge < -0.3 is 20.1 Å². The van der Waals surface area contributed by atoms with E-state index in [1.54, 1.807) is 0 Å². The third-order valence-electron chi connectivity index (χ3n) is 5.91. The number of carbonyl (C=O) groups is 1. The van der Waals surface area contributed by atoms with Crippen LogP contribution in [0.1, 0.15) is 123 Å². The number of hydrogen-bond acceptors (Lipinski definition) is 7. The van der Waals surface area contributed by atoms with Crippen LogP contribution in [0.15, 0.2) is 12.2 Å². The molecule has 2 atom stereocenters. The van der Waals surface area contributed by atoms with E-state index in [-0.39, 0.29) is 32.3 Å². The second kappa shape index (κ2) is 26.8. The highest BCUT2D eigenvalue weighted by Gasteiger charge is 2.25. The quantitative estimate of drug-likeness (QED) is 0.0454. The van der Waals surface area contributed by atoms with Crippen LogP contribution in [-0.4, -0.2) is 49.9 Å². The molecule has 0 aliphatic carbocycles. The van der Waals surface area contributed by atoms with E-state index in [0.29, 0.717) is 13.0 Å². The average Bonchev–Trinajstić information content (AvgIpc) is 2.88. The van der Waals surface area contributed by atoms with Crippen LogP contribution in [0.25, 0.3) is 0 Å². The molecule has 8 nitrogen and oxygen atoms in total.